The highest BCUT2D eigenvalue weighted by molar-refractivity contribution is 5.92. The van der Waals surface area contributed by atoms with E-state index in [1.807, 2.05) is 6.92 Å². The summed E-state index contributed by atoms with van der Waals surface area (Å²) in [6.07, 6.45) is 2.32. The zero-order valence-corrected chi connectivity index (χ0v) is 16.6. The second kappa shape index (κ2) is 10.4. The van der Waals surface area contributed by atoms with Crippen molar-refractivity contribution in [3.05, 3.63) is 59.0 Å². The molecule has 0 bridgehead atoms. The molecule has 6 nitrogen and oxygen atoms in total. The monoisotopic (exact) mass is 370 g/mol. The Kier molecular flexibility index (Phi) is 7.92. The Bertz CT molecular complexity index is 750. The van der Waals surface area contributed by atoms with E-state index in [0.717, 1.165) is 31.0 Å². The Hall–Kier alpha value is -2.76. The summed E-state index contributed by atoms with van der Waals surface area (Å²) in [4.78, 5) is 16.2. The predicted octanol–water partition coefficient (Wildman–Crippen LogP) is 2.99. The molecule has 0 aliphatic heterocycles. The van der Waals surface area contributed by atoms with Gasteiger partial charge in [0, 0.05) is 32.2 Å². The fraction of sp³-hybridized carbons (Fsp3) is 0.429. The normalized spacial score (nSPS) is 12.5. The van der Waals surface area contributed by atoms with Gasteiger partial charge in [-0.1, -0.05) is 36.8 Å². The van der Waals surface area contributed by atoms with Crippen molar-refractivity contribution in [2.75, 3.05) is 26.7 Å². The number of furan rings is 1. The number of hydrogen-bond acceptors (Lipinski definition) is 3. The Labute approximate surface area is 161 Å². The van der Waals surface area contributed by atoms with Crippen LogP contribution in [0.5, 0.6) is 0 Å². The molecule has 0 aliphatic rings. The fourth-order valence-electron chi connectivity index (χ4n) is 2.67. The number of benzene rings is 1. The van der Waals surface area contributed by atoms with Crippen LogP contribution in [0.4, 0.5) is 0 Å². The Morgan fingerprint density at radius 1 is 1.07 bits per heavy atom. The Morgan fingerprint density at radius 3 is 2.41 bits per heavy atom. The number of carbonyl (C=O) groups is 1. The quantitative estimate of drug-likeness (QED) is 0.379. The first-order valence-corrected chi connectivity index (χ1v) is 9.34. The Morgan fingerprint density at radius 2 is 1.78 bits per heavy atom. The number of guanidine groups is 1. The van der Waals surface area contributed by atoms with Gasteiger partial charge >= 0.3 is 0 Å². The topological polar surface area (TPSA) is 78.7 Å². The highest BCUT2D eigenvalue weighted by Gasteiger charge is 2.11. The van der Waals surface area contributed by atoms with E-state index in [2.05, 4.69) is 59.1 Å². The van der Waals surface area contributed by atoms with Crippen LogP contribution in [0.25, 0.3) is 0 Å². The molecule has 0 saturated carbocycles. The van der Waals surface area contributed by atoms with E-state index < -0.39 is 0 Å². The van der Waals surface area contributed by atoms with Crippen molar-refractivity contribution in [1.82, 2.24) is 16.0 Å². The Balaban J connectivity index is 1.64. The largest absolute Gasteiger partial charge is 0.459 e. The number of carbonyl (C=O) groups excluding carboxylic acids is 1. The maximum Gasteiger partial charge on any atom is 0.287 e. The molecule has 1 aromatic heterocycles. The molecule has 1 heterocycles. The van der Waals surface area contributed by atoms with Crippen LogP contribution in [0, 0.1) is 13.8 Å². The second-order valence-corrected chi connectivity index (χ2v) is 6.73. The van der Waals surface area contributed by atoms with Crippen LogP contribution < -0.4 is 16.0 Å². The summed E-state index contributed by atoms with van der Waals surface area (Å²) in [6, 6.07) is 10.4. The number of hydrogen-bond donors (Lipinski definition) is 3. The summed E-state index contributed by atoms with van der Waals surface area (Å²) >= 11 is 0. The number of aryl methyl sites for hydroxylation is 2. The van der Waals surface area contributed by atoms with Gasteiger partial charge in [-0.3, -0.25) is 9.79 Å². The van der Waals surface area contributed by atoms with Gasteiger partial charge in [-0.15, -0.1) is 0 Å². The summed E-state index contributed by atoms with van der Waals surface area (Å²) < 4.78 is 5.18. The molecule has 27 heavy (non-hydrogen) atoms. The van der Waals surface area contributed by atoms with Crippen molar-refractivity contribution in [1.29, 1.82) is 0 Å². The van der Waals surface area contributed by atoms with Crippen molar-refractivity contribution in [2.45, 2.75) is 33.1 Å². The minimum atomic E-state index is -0.174. The van der Waals surface area contributed by atoms with Crippen LogP contribution in [-0.4, -0.2) is 38.5 Å². The van der Waals surface area contributed by atoms with Crippen LogP contribution in [0.1, 0.15) is 46.5 Å². The van der Waals surface area contributed by atoms with Crippen LogP contribution in [0.3, 0.4) is 0 Å². The second-order valence-electron chi connectivity index (χ2n) is 6.73. The number of nitrogens with zero attached hydrogens (tertiary/aromatic N) is 1. The number of amides is 1. The van der Waals surface area contributed by atoms with Gasteiger partial charge in [-0.2, -0.15) is 0 Å². The van der Waals surface area contributed by atoms with E-state index in [-0.39, 0.29) is 5.91 Å². The van der Waals surface area contributed by atoms with Gasteiger partial charge in [0.2, 0.25) is 0 Å². The fourth-order valence-corrected chi connectivity index (χ4v) is 2.67. The van der Waals surface area contributed by atoms with E-state index in [1.54, 1.807) is 13.1 Å². The van der Waals surface area contributed by atoms with Gasteiger partial charge < -0.3 is 20.4 Å². The molecule has 0 fully saturated rings. The molecule has 0 radical (unpaired) electrons. The highest BCUT2D eigenvalue weighted by atomic mass is 16.3. The SMILES string of the molecule is CN=C(NCCCNC(=O)c1occc1C)NCC(C)c1ccc(C)cc1. The molecule has 0 saturated heterocycles. The molecule has 0 aliphatic carbocycles. The maximum absolute atomic E-state index is 12.0. The molecule has 146 valence electrons. The molecule has 2 aromatic rings. The van der Waals surface area contributed by atoms with E-state index in [9.17, 15) is 4.79 Å². The molecule has 6 heteroatoms. The van der Waals surface area contributed by atoms with Gasteiger partial charge in [0.15, 0.2) is 11.7 Å². The first-order valence-electron chi connectivity index (χ1n) is 9.34. The molecule has 0 spiro atoms. The number of aliphatic imine (C=N–C) groups is 1. The van der Waals surface area contributed by atoms with Gasteiger partial charge in [0.1, 0.15) is 0 Å². The summed E-state index contributed by atoms with van der Waals surface area (Å²) in [5.74, 6) is 1.36. The van der Waals surface area contributed by atoms with Crippen molar-refractivity contribution in [3.63, 3.8) is 0 Å². The third kappa shape index (κ3) is 6.47. The zero-order chi connectivity index (χ0) is 19.6. The summed E-state index contributed by atoms with van der Waals surface area (Å²) in [5, 5.41) is 9.48. The first kappa shape index (κ1) is 20.6. The van der Waals surface area contributed by atoms with Crippen LogP contribution in [0.2, 0.25) is 0 Å². The lowest BCUT2D eigenvalue weighted by atomic mass is 10.0. The summed E-state index contributed by atoms with van der Waals surface area (Å²) in [6.45, 7) is 8.23. The van der Waals surface area contributed by atoms with Crippen LogP contribution in [-0.2, 0) is 0 Å². The molecule has 3 N–H and O–H groups in total. The van der Waals surface area contributed by atoms with E-state index in [0.29, 0.717) is 18.2 Å². The van der Waals surface area contributed by atoms with Gasteiger partial charge in [-0.05, 0) is 37.8 Å². The minimum absolute atomic E-state index is 0.174. The average Bonchev–Trinajstić information content (AvgIpc) is 3.10. The molecular formula is C21H30N4O2. The van der Waals surface area contributed by atoms with Crippen LogP contribution >= 0.6 is 0 Å². The molecule has 2 rings (SSSR count). The predicted molar refractivity (Wildman–Crippen MR) is 109 cm³/mol. The standard InChI is InChI=1S/C21H30N4O2/c1-15-6-8-18(9-7-15)17(3)14-25-21(22-4)24-12-5-11-23-20(26)19-16(2)10-13-27-19/h6-10,13,17H,5,11-12,14H2,1-4H3,(H,23,26)(H2,22,24,25). The first-order chi connectivity index (χ1) is 13.0. The van der Waals surface area contributed by atoms with E-state index in [1.165, 1.54) is 17.4 Å². The lowest BCUT2D eigenvalue weighted by molar-refractivity contribution is 0.0925. The minimum Gasteiger partial charge on any atom is -0.459 e. The van der Waals surface area contributed by atoms with E-state index in [4.69, 9.17) is 4.42 Å². The lowest BCUT2D eigenvalue weighted by Crippen LogP contribution is -2.40. The molecule has 1 unspecified atom stereocenters. The molecule has 1 atom stereocenters. The maximum atomic E-state index is 12.0. The van der Waals surface area contributed by atoms with Crippen molar-refractivity contribution in [2.24, 2.45) is 4.99 Å². The number of rotatable bonds is 8. The van der Waals surface area contributed by atoms with Gasteiger partial charge in [0.05, 0.1) is 6.26 Å². The van der Waals surface area contributed by atoms with Crippen LogP contribution in [0.15, 0.2) is 46.0 Å². The highest BCUT2D eigenvalue weighted by Crippen LogP contribution is 2.14. The van der Waals surface area contributed by atoms with Gasteiger partial charge in [-0.25, -0.2) is 0 Å². The van der Waals surface area contributed by atoms with E-state index >= 15 is 0 Å². The van der Waals surface area contributed by atoms with Gasteiger partial charge in [0.25, 0.3) is 5.91 Å². The molecule has 1 aromatic carbocycles. The molecular weight excluding hydrogens is 340 g/mol. The summed E-state index contributed by atoms with van der Waals surface area (Å²) in [7, 11) is 1.76. The third-order valence-electron chi connectivity index (χ3n) is 4.45. The van der Waals surface area contributed by atoms with Crippen molar-refractivity contribution >= 4 is 11.9 Å². The summed E-state index contributed by atoms with van der Waals surface area (Å²) in [5.41, 5.74) is 3.42. The van der Waals surface area contributed by atoms with Crippen molar-refractivity contribution in [3.8, 4) is 0 Å². The molecule has 1 amide bonds. The third-order valence-corrected chi connectivity index (χ3v) is 4.45. The smallest absolute Gasteiger partial charge is 0.287 e. The number of nitrogens with one attached hydrogen (secondary N) is 3. The average molecular weight is 370 g/mol. The zero-order valence-electron chi connectivity index (χ0n) is 16.6. The lowest BCUT2D eigenvalue weighted by Gasteiger charge is -2.16. The van der Waals surface area contributed by atoms with Crippen molar-refractivity contribution < 1.29 is 9.21 Å².